The van der Waals surface area contributed by atoms with Crippen molar-refractivity contribution in [3.8, 4) is 28.3 Å². The number of carbonyl (C=O) groups excluding carboxylic acids is 1. The Morgan fingerprint density at radius 3 is 2.46 bits per heavy atom. The maximum atomic E-state index is 11.2. The molecule has 0 fully saturated rings. The summed E-state index contributed by atoms with van der Waals surface area (Å²) in [6.07, 6.45) is 3.15. The Morgan fingerprint density at radius 1 is 1.11 bits per heavy atom. The van der Waals surface area contributed by atoms with Gasteiger partial charge in [0.05, 0.1) is 29.6 Å². The minimum absolute atomic E-state index is 0.0609. The van der Waals surface area contributed by atoms with Crippen molar-refractivity contribution in [2.24, 2.45) is 0 Å². The molecule has 0 atom stereocenters. The average Bonchev–Trinajstić information content (AvgIpc) is 3.18. The van der Waals surface area contributed by atoms with Crippen molar-refractivity contribution < 1.29 is 14.3 Å². The van der Waals surface area contributed by atoms with Gasteiger partial charge in [-0.2, -0.15) is 5.10 Å². The van der Waals surface area contributed by atoms with Crippen LogP contribution < -0.4 is 4.74 Å². The Kier molecular flexibility index (Phi) is 6.16. The highest BCUT2D eigenvalue weighted by Gasteiger charge is 2.10. The van der Waals surface area contributed by atoms with Crippen molar-refractivity contribution in [3.63, 3.8) is 0 Å². The first-order valence-electron chi connectivity index (χ1n) is 8.84. The van der Waals surface area contributed by atoms with Gasteiger partial charge in [0.15, 0.2) is 0 Å². The SMILES string of the molecule is COC(=O)/C=C\c1ccc(-c2cc(-c3ccc(OC(C)C)c(Cl)c3)n[nH]2)cc1. The van der Waals surface area contributed by atoms with E-state index in [1.807, 2.05) is 62.4 Å². The number of esters is 1. The lowest BCUT2D eigenvalue weighted by molar-refractivity contribution is -0.134. The summed E-state index contributed by atoms with van der Waals surface area (Å²) in [5.74, 6) is 0.275. The van der Waals surface area contributed by atoms with E-state index in [0.717, 1.165) is 28.1 Å². The zero-order valence-corrected chi connectivity index (χ0v) is 16.7. The van der Waals surface area contributed by atoms with Crippen LogP contribution in [-0.2, 0) is 9.53 Å². The standard InChI is InChI=1S/C22H21ClN2O3/c1-14(2)28-21-10-9-17(12-18(21)23)20-13-19(24-25-20)16-7-4-15(5-8-16)6-11-22(26)27-3/h4-14H,1-3H3,(H,24,25)/b11-6-. The Hall–Kier alpha value is -3.05. The van der Waals surface area contributed by atoms with E-state index < -0.39 is 0 Å². The molecule has 3 rings (SSSR count). The molecule has 0 aliphatic rings. The van der Waals surface area contributed by atoms with Gasteiger partial charge in [-0.05, 0) is 55.3 Å². The molecule has 0 radical (unpaired) electrons. The number of hydrogen-bond donors (Lipinski definition) is 1. The lowest BCUT2D eigenvalue weighted by Crippen LogP contribution is -2.05. The molecule has 3 aromatic rings. The summed E-state index contributed by atoms with van der Waals surface area (Å²) in [5, 5.41) is 7.99. The quantitative estimate of drug-likeness (QED) is 0.449. The summed E-state index contributed by atoms with van der Waals surface area (Å²) in [6, 6.07) is 15.4. The number of H-pyrrole nitrogens is 1. The van der Waals surface area contributed by atoms with Crippen LogP contribution in [0.15, 0.2) is 54.6 Å². The van der Waals surface area contributed by atoms with Crippen LogP contribution in [0.2, 0.25) is 5.02 Å². The molecular formula is C22H21ClN2O3. The topological polar surface area (TPSA) is 64.2 Å². The van der Waals surface area contributed by atoms with Gasteiger partial charge in [-0.1, -0.05) is 35.9 Å². The van der Waals surface area contributed by atoms with Crippen molar-refractivity contribution in [2.75, 3.05) is 7.11 Å². The fourth-order valence-electron chi connectivity index (χ4n) is 2.63. The van der Waals surface area contributed by atoms with Crippen LogP contribution in [-0.4, -0.2) is 29.4 Å². The van der Waals surface area contributed by atoms with Gasteiger partial charge in [-0.25, -0.2) is 4.79 Å². The summed E-state index contributed by atoms with van der Waals surface area (Å²) in [7, 11) is 1.35. The highest BCUT2D eigenvalue weighted by Crippen LogP contribution is 2.31. The van der Waals surface area contributed by atoms with Gasteiger partial charge in [0.1, 0.15) is 5.75 Å². The molecule has 0 unspecified atom stereocenters. The number of aromatic amines is 1. The number of ether oxygens (including phenoxy) is 2. The molecule has 0 aliphatic heterocycles. The second-order valence-electron chi connectivity index (χ2n) is 6.46. The third kappa shape index (κ3) is 4.81. The van der Waals surface area contributed by atoms with Crippen molar-refractivity contribution in [3.05, 3.63) is 65.2 Å². The van der Waals surface area contributed by atoms with E-state index in [1.165, 1.54) is 13.2 Å². The Bertz CT molecular complexity index is 991. The molecule has 28 heavy (non-hydrogen) atoms. The number of carbonyl (C=O) groups is 1. The van der Waals surface area contributed by atoms with Crippen LogP contribution in [0.3, 0.4) is 0 Å². The lowest BCUT2D eigenvalue weighted by atomic mass is 10.1. The number of aromatic nitrogens is 2. The number of nitrogens with zero attached hydrogens (tertiary/aromatic N) is 1. The number of methoxy groups -OCH3 is 1. The van der Waals surface area contributed by atoms with Crippen LogP contribution in [0, 0.1) is 0 Å². The Labute approximate surface area is 168 Å². The van der Waals surface area contributed by atoms with Crippen LogP contribution in [0.25, 0.3) is 28.6 Å². The minimum atomic E-state index is -0.384. The van der Waals surface area contributed by atoms with E-state index in [2.05, 4.69) is 14.9 Å². The molecule has 0 bridgehead atoms. The van der Waals surface area contributed by atoms with Crippen molar-refractivity contribution in [1.29, 1.82) is 0 Å². The third-order valence-corrected chi connectivity index (χ3v) is 4.30. The Morgan fingerprint density at radius 2 is 1.82 bits per heavy atom. The second kappa shape index (κ2) is 8.76. The Balaban J connectivity index is 1.78. The van der Waals surface area contributed by atoms with E-state index >= 15 is 0 Å². The summed E-state index contributed by atoms with van der Waals surface area (Å²) >= 11 is 6.32. The summed E-state index contributed by atoms with van der Waals surface area (Å²) in [4.78, 5) is 11.2. The zero-order valence-electron chi connectivity index (χ0n) is 15.9. The average molecular weight is 397 g/mol. The maximum absolute atomic E-state index is 11.2. The fraction of sp³-hybridized carbons (Fsp3) is 0.182. The smallest absolute Gasteiger partial charge is 0.330 e. The summed E-state index contributed by atoms with van der Waals surface area (Å²) in [6.45, 7) is 3.92. The molecule has 6 heteroatoms. The van der Waals surface area contributed by atoms with E-state index in [9.17, 15) is 4.79 Å². The van der Waals surface area contributed by atoms with E-state index in [0.29, 0.717) is 10.8 Å². The molecule has 0 saturated heterocycles. The molecule has 1 N–H and O–H groups in total. The molecule has 5 nitrogen and oxygen atoms in total. The van der Waals surface area contributed by atoms with Crippen LogP contribution in [0.5, 0.6) is 5.75 Å². The van der Waals surface area contributed by atoms with Crippen molar-refractivity contribution in [2.45, 2.75) is 20.0 Å². The van der Waals surface area contributed by atoms with E-state index in [1.54, 1.807) is 6.08 Å². The molecule has 0 saturated carbocycles. The summed E-state index contributed by atoms with van der Waals surface area (Å²) in [5.41, 5.74) is 4.47. The first kappa shape index (κ1) is 19.7. The van der Waals surface area contributed by atoms with Crippen LogP contribution >= 0.6 is 11.6 Å². The maximum Gasteiger partial charge on any atom is 0.330 e. The number of benzene rings is 2. The minimum Gasteiger partial charge on any atom is -0.489 e. The first-order chi connectivity index (χ1) is 13.5. The van der Waals surface area contributed by atoms with Crippen molar-refractivity contribution in [1.82, 2.24) is 10.2 Å². The van der Waals surface area contributed by atoms with E-state index in [-0.39, 0.29) is 12.1 Å². The van der Waals surface area contributed by atoms with E-state index in [4.69, 9.17) is 16.3 Å². The predicted molar refractivity (Wildman–Crippen MR) is 111 cm³/mol. The normalized spacial score (nSPS) is 11.2. The molecule has 2 aromatic carbocycles. The van der Waals surface area contributed by atoms with Gasteiger partial charge < -0.3 is 9.47 Å². The van der Waals surface area contributed by atoms with Gasteiger partial charge in [0.25, 0.3) is 0 Å². The predicted octanol–water partition coefficient (Wildman–Crippen LogP) is 5.37. The van der Waals surface area contributed by atoms with Gasteiger partial charge >= 0.3 is 5.97 Å². The van der Waals surface area contributed by atoms with Gasteiger partial charge in [-0.15, -0.1) is 0 Å². The number of hydrogen-bond acceptors (Lipinski definition) is 4. The third-order valence-electron chi connectivity index (χ3n) is 4.00. The second-order valence-corrected chi connectivity index (χ2v) is 6.86. The van der Waals surface area contributed by atoms with Crippen molar-refractivity contribution >= 4 is 23.6 Å². The highest BCUT2D eigenvalue weighted by molar-refractivity contribution is 6.32. The fourth-order valence-corrected chi connectivity index (χ4v) is 2.86. The largest absolute Gasteiger partial charge is 0.489 e. The van der Waals surface area contributed by atoms with Gasteiger partial charge in [-0.3, -0.25) is 5.10 Å². The zero-order chi connectivity index (χ0) is 20.1. The molecule has 1 heterocycles. The first-order valence-corrected chi connectivity index (χ1v) is 9.22. The molecular weight excluding hydrogens is 376 g/mol. The number of halogens is 1. The monoisotopic (exact) mass is 396 g/mol. The number of nitrogens with one attached hydrogen (secondary N) is 1. The lowest BCUT2D eigenvalue weighted by Gasteiger charge is -2.11. The molecule has 0 amide bonds. The molecule has 0 spiro atoms. The number of rotatable bonds is 6. The van der Waals surface area contributed by atoms with Crippen LogP contribution in [0.4, 0.5) is 0 Å². The highest BCUT2D eigenvalue weighted by atomic mass is 35.5. The molecule has 0 aliphatic carbocycles. The molecule has 144 valence electrons. The molecule has 1 aromatic heterocycles. The summed E-state index contributed by atoms with van der Waals surface area (Å²) < 4.78 is 10.3. The van der Waals surface area contributed by atoms with Gasteiger partial charge in [0, 0.05) is 11.6 Å². The van der Waals surface area contributed by atoms with Gasteiger partial charge in [0.2, 0.25) is 0 Å². The van der Waals surface area contributed by atoms with Crippen LogP contribution in [0.1, 0.15) is 19.4 Å².